The van der Waals surface area contributed by atoms with Crippen LogP contribution in [0.15, 0.2) is 18.2 Å². The molecule has 19 heavy (non-hydrogen) atoms. The number of carbonyl (C=O) groups excluding carboxylic acids is 1. The molecule has 1 amide bonds. The molecule has 0 fully saturated rings. The highest BCUT2D eigenvalue weighted by molar-refractivity contribution is 14.1. The molecule has 7 heteroatoms. The van der Waals surface area contributed by atoms with Gasteiger partial charge in [0, 0.05) is 8.59 Å². The molecule has 0 bridgehead atoms. The number of hydrogen-bond donors (Lipinski definition) is 2. The zero-order valence-electron chi connectivity index (χ0n) is 10.2. The predicted molar refractivity (Wildman–Crippen MR) is 86.1 cm³/mol. The molecule has 0 aliphatic rings. The first-order valence-corrected chi connectivity index (χ1v) is 8.28. The number of halogens is 2. The maximum absolute atomic E-state index is 12.1. The van der Waals surface area contributed by atoms with Crippen LogP contribution >= 0.6 is 46.0 Å². The van der Waals surface area contributed by atoms with Gasteiger partial charge in [-0.2, -0.15) is 11.8 Å². The highest BCUT2D eigenvalue weighted by atomic mass is 127. The molecule has 0 aliphatic carbocycles. The number of carboxylic acid groups (broad SMARTS) is 1. The largest absolute Gasteiger partial charge is 0.480 e. The standard InChI is InChI=1S/C12H13ClINO3S/c1-19-5-4-10(12(17)18)15-11(16)8-6-7(13)2-3-9(8)14/h2-3,6,10H,4-5H2,1H3,(H,15,16)(H,17,18). The Labute approximate surface area is 134 Å². The summed E-state index contributed by atoms with van der Waals surface area (Å²) in [6.07, 6.45) is 2.28. The van der Waals surface area contributed by atoms with Crippen LogP contribution in [0.25, 0.3) is 0 Å². The molecule has 104 valence electrons. The Morgan fingerprint density at radius 3 is 2.79 bits per heavy atom. The molecule has 4 nitrogen and oxygen atoms in total. The maximum atomic E-state index is 12.1. The first kappa shape index (κ1) is 16.6. The highest BCUT2D eigenvalue weighted by Crippen LogP contribution is 2.18. The molecule has 0 aromatic heterocycles. The lowest BCUT2D eigenvalue weighted by molar-refractivity contribution is -0.139. The van der Waals surface area contributed by atoms with Crippen LogP contribution in [0.1, 0.15) is 16.8 Å². The molecule has 0 spiro atoms. The van der Waals surface area contributed by atoms with Gasteiger partial charge < -0.3 is 10.4 Å². The van der Waals surface area contributed by atoms with Gasteiger partial charge in [-0.1, -0.05) is 11.6 Å². The van der Waals surface area contributed by atoms with Gasteiger partial charge in [0.2, 0.25) is 0 Å². The maximum Gasteiger partial charge on any atom is 0.326 e. The molecule has 1 aromatic rings. The minimum atomic E-state index is -1.03. The minimum absolute atomic E-state index is 0.388. The molecule has 1 rings (SSSR count). The topological polar surface area (TPSA) is 66.4 Å². The summed E-state index contributed by atoms with van der Waals surface area (Å²) in [6, 6.07) is 4.05. The molecule has 2 N–H and O–H groups in total. The summed E-state index contributed by atoms with van der Waals surface area (Å²) in [5.74, 6) is -0.774. The fourth-order valence-electron chi connectivity index (χ4n) is 1.40. The van der Waals surface area contributed by atoms with E-state index in [1.807, 2.05) is 28.8 Å². The van der Waals surface area contributed by atoms with Crippen molar-refractivity contribution in [1.29, 1.82) is 0 Å². The van der Waals surface area contributed by atoms with Crippen LogP contribution < -0.4 is 5.32 Å². The summed E-state index contributed by atoms with van der Waals surface area (Å²) in [4.78, 5) is 23.1. The van der Waals surface area contributed by atoms with Gasteiger partial charge in [0.1, 0.15) is 6.04 Å². The van der Waals surface area contributed by atoms with Crippen molar-refractivity contribution >= 4 is 57.8 Å². The van der Waals surface area contributed by atoms with E-state index in [0.29, 0.717) is 22.8 Å². The van der Waals surface area contributed by atoms with E-state index in [4.69, 9.17) is 16.7 Å². The van der Waals surface area contributed by atoms with Crippen molar-refractivity contribution in [2.45, 2.75) is 12.5 Å². The second-order valence-corrected chi connectivity index (χ2v) is 6.35. The second kappa shape index (κ2) is 7.96. The lowest BCUT2D eigenvalue weighted by Gasteiger charge is -2.14. The van der Waals surface area contributed by atoms with Gasteiger partial charge in [0.25, 0.3) is 5.91 Å². The van der Waals surface area contributed by atoms with Crippen molar-refractivity contribution in [3.8, 4) is 0 Å². The summed E-state index contributed by atoms with van der Waals surface area (Å²) in [5, 5.41) is 12.0. The Balaban J connectivity index is 2.81. The number of hydrogen-bond acceptors (Lipinski definition) is 3. The number of carboxylic acids is 1. The predicted octanol–water partition coefficient (Wildman–Crippen LogP) is 2.88. The molecule has 0 saturated heterocycles. The first-order valence-electron chi connectivity index (χ1n) is 5.43. The number of amides is 1. The number of carbonyl (C=O) groups is 2. The Bertz CT molecular complexity index is 484. The summed E-state index contributed by atoms with van der Waals surface area (Å²) >= 11 is 9.39. The number of nitrogens with one attached hydrogen (secondary N) is 1. The smallest absolute Gasteiger partial charge is 0.326 e. The van der Waals surface area contributed by atoms with Gasteiger partial charge in [-0.15, -0.1) is 0 Å². The van der Waals surface area contributed by atoms with Crippen molar-refractivity contribution in [3.05, 3.63) is 32.4 Å². The van der Waals surface area contributed by atoms with Gasteiger partial charge in [0.05, 0.1) is 5.56 Å². The average Bonchev–Trinajstić information content (AvgIpc) is 2.36. The number of rotatable bonds is 6. The van der Waals surface area contributed by atoms with Crippen LogP contribution in [0.2, 0.25) is 5.02 Å². The Kier molecular flexibility index (Phi) is 6.95. The molecule has 1 atom stereocenters. The number of aliphatic carboxylic acids is 1. The molecule has 0 radical (unpaired) electrons. The van der Waals surface area contributed by atoms with Crippen LogP contribution in [0, 0.1) is 3.57 Å². The monoisotopic (exact) mass is 413 g/mol. The van der Waals surface area contributed by atoms with E-state index in [2.05, 4.69) is 5.32 Å². The Morgan fingerprint density at radius 1 is 1.53 bits per heavy atom. The third kappa shape index (κ3) is 5.19. The quantitative estimate of drug-likeness (QED) is 0.704. The summed E-state index contributed by atoms with van der Waals surface area (Å²) in [6.45, 7) is 0. The Morgan fingerprint density at radius 2 is 2.21 bits per heavy atom. The highest BCUT2D eigenvalue weighted by Gasteiger charge is 2.21. The Hall–Kier alpha value is -0.470. The van der Waals surface area contributed by atoms with Crippen LogP contribution in [0.4, 0.5) is 0 Å². The molecule has 0 saturated carbocycles. The van der Waals surface area contributed by atoms with Gasteiger partial charge in [-0.05, 0) is 59.2 Å². The lowest BCUT2D eigenvalue weighted by Crippen LogP contribution is -2.41. The summed E-state index contributed by atoms with van der Waals surface area (Å²) < 4.78 is 0.730. The van der Waals surface area contributed by atoms with Crippen LogP contribution in [-0.4, -0.2) is 35.0 Å². The first-order chi connectivity index (χ1) is 8.95. The van der Waals surface area contributed by atoms with Crippen LogP contribution in [0.3, 0.4) is 0 Å². The lowest BCUT2D eigenvalue weighted by atomic mass is 10.1. The second-order valence-electron chi connectivity index (χ2n) is 3.77. The van der Waals surface area contributed by atoms with E-state index in [-0.39, 0.29) is 0 Å². The van der Waals surface area contributed by atoms with E-state index < -0.39 is 17.9 Å². The van der Waals surface area contributed by atoms with Gasteiger partial charge in [0.15, 0.2) is 0 Å². The molecule has 1 unspecified atom stereocenters. The fraction of sp³-hybridized carbons (Fsp3) is 0.333. The summed E-state index contributed by atoms with van der Waals surface area (Å²) in [5.41, 5.74) is 0.392. The minimum Gasteiger partial charge on any atom is -0.480 e. The van der Waals surface area contributed by atoms with E-state index in [1.54, 1.807) is 12.1 Å². The zero-order chi connectivity index (χ0) is 14.4. The van der Waals surface area contributed by atoms with Gasteiger partial charge in [-0.3, -0.25) is 4.79 Å². The van der Waals surface area contributed by atoms with Crippen molar-refractivity contribution in [1.82, 2.24) is 5.32 Å². The SMILES string of the molecule is CSCCC(NC(=O)c1cc(Cl)ccc1I)C(=O)O. The van der Waals surface area contributed by atoms with E-state index in [1.165, 1.54) is 17.8 Å². The average molecular weight is 414 g/mol. The van der Waals surface area contributed by atoms with E-state index in [9.17, 15) is 9.59 Å². The zero-order valence-corrected chi connectivity index (χ0v) is 13.9. The van der Waals surface area contributed by atoms with Crippen molar-refractivity contribution in [3.63, 3.8) is 0 Å². The number of benzene rings is 1. The van der Waals surface area contributed by atoms with Crippen LogP contribution in [-0.2, 0) is 4.79 Å². The third-order valence-electron chi connectivity index (χ3n) is 2.39. The normalized spacial score (nSPS) is 11.9. The number of thioether (sulfide) groups is 1. The van der Waals surface area contributed by atoms with Crippen molar-refractivity contribution in [2.75, 3.05) is 12.0 Å². The fourth-order valence-corrected chi connectivity index (χ4v) is 2.62. The van der Waals surface area contributed by atoms with Gasteiger partial charge in [-0.25, -0.2) is 4.79 Å². The molecular formula is C12H13ClINO3S. The molecule has 1 aromatic carbocycles. The van der Waals surface area contributed by atoms with Gasteiger partial charge >= 0.3 is 5.97 Å². The molecule has 0 heterocycles. The van der Waals surface area contributed by atoms with Crippen LogP contribution in [0.5, 0.6) is 0 Å². The molecular weight excluding hydrogens is 401 g/mol. The summed E-state index contributed by atoms with van der Waals surface area (Å²) in [7, 11) is 0. The molecule has 0 aliphatic heterocycles. The van der Waals surface area contributed by atoms with Crippen molar-refractivity contribution in [2.24, 2.45) is 0 Å². The third-order valence-corrected chi connectivity index (χ3v) is 4.21. The van der Waals surface area contributed by atoms with Crippen molar-refractivity contribution < 1.29 is 14.7 Å². The van der Waals surface area contributed by atoms with E-state index >= 15 is 0 Å². The van der Waals surface area contributed by atoms with E-state index in [0.717, 1.165) is 3.57 Å².